The molecule has 0 aliphatic carbocycles. The predicted molar refractivity (Wildman–Crippen MR) is 347 cm³/mol. The first-order chi connectivity index (χ1) is 39.0. The maximum atomic E-state index is 12.5. The molecule has 0 aromatic heterocycles. The van der Waals surface area contributed by atoms with E-state index in [0.717, 1.165) is 38.5 Å². The highest BCUT2D eigenvalue weighted by Crippen LogP contribution is 2.19. The van der Waals surface area contributed by atoms with Crippen LogP contribution in [0, 0.1) is 0 Å². The van der Waals surface area contributed by atoms with Gasteiger partial charge in [0, 0.05) is 12.8 Å². The van der Waals surface area contributed by atoms with Gasteiger partial charge in [-0.1, -0.05) is 366 Å². The summed E-state index contributed by atoms with van der Waals surface area (Å²) in [6.45, 7) is 5.00. The summed E-state index contributed by atoms with van der Waals surface area (Å²) in [6.07, 6.45) is 85.6. The lowest BCUT2D eigenvalue weighted by molar-refractivity contribution is -0.143. The van der Waals surface area contributed by atoms with Crippen molar-refractivity contribution in [3.63, 3.8) is 0 Å². The lowest BCUT2D eigenvalue weighted by Gasteiger charge is -2.22. The molecule has 6 nitrogen and oxygen atoms in total. The van der Waals surface area contributed by atoms with E-state index in [2.05, 4.69) is 31.3 Å². The van der Waals surface area contributed by atoms with E-state index in [9.17, 15) is 19.8 Å². The molecule has 0 aliphatic rings. The van der Waals surface area contributed by atoms with Crippen molar-refractivity contribution in [2.45, 2.75) is 431 Å². The summed E-state index contributed by atoms with van der Waals surface area (Å²) >= 11 is 0. The van der Waals surface area contributed by atoms with Crippen molar-refractivity contribution in [3.05, 3.63) is 12.2 Å². The zero-order valence-corrected chi connectivity index (χ0v) is 53.9. The van der Waals surface area contributed by atoms with Crippen LogP contribution in [0.25, 0.3) is 0 Å². The van der Waals surface area contributed by atoms with Gasteiger partial charge in [0.15, 0.2) is 0 Å². The number of nitrogens with one attached hydrogen (secondary N) is 1. The van der Waals surface area contributed by atoms with Gasteiger partial charge in [-0.25, -0.2) is 0 Å². The Bertz CT molecular complexity index is 1190. The number of hydrogen-bond acceptors (Lipinski definition) is 5. The number of rotatable bonds is 69. The van der Waals surface area contributed by atoms with Crippen LogP contribution in [0.5, 0.6) is 0 Å². The highest BCUT2D eigenvalue weighted by Gasteiger charge is 2.20. The van der Waals surface area contributed by atoms with Crippen LogP contribution < -0.4 is 5.32 Å². The second kappa shape index (κ2) is 69.1. The smallest absolute Gasteiger partial charge is 0.305 e. The minimum atomic E-state index is -0.662. The lowest BCUT2D eigenvalue weighted by Crippen LogP contribution is -2.45. The quantitative estimate of drug-likeness (QED) is 0.0320. The highest BCUT2D eigenvalue weighted by atomic mass is 16.5. The number of carbonyl (C=O) groups is 2. The van der Waals surface area contributed by atoms with E-state index < -0.39 is 12.1 Å². The van der Waals surface area contributed by atoms with Crippen LogP contribution >= 0.6 is 0 Å². The summed E-state index contributed by atoms with van der Waals surface area (Å²) in [5.74, 6) is -0.00790. The zero-order chi connectivity index (χ0) is 57.1. The van der Waals surface area contributed by atoms with Gasteiger partial charge in [0.05, 0.1) is 25.4 Å². The van der Waals surface area contributed by atoms with Gasteiger partial charge in [0.2, 0.25) is 5.91 Å². The second-order valence-corrected chi connectivity index (χ2v) is 25.3. The van der Waals surface area contributed by atoms with Crippen LogP contribution in [0.15, 0.2) is 12.2 Å². The second-order valence-electron chi connectivity index (χ2n) is 25.3. The number of hydrogen-bond donors (Lipinski definition) is 3. The number of amides is 1. The number of ether oxygens (including phenoxy) is 1. The first-order valence-corrected chi connectivity index (χ1v) is 36.4. The van der Waals surface area contributed by atoms with Gasteiger partial charge in [-0.2, -0.15) is 0 Å². The molecule has 0 radical (unpaired) electrons. The van der Waals surface area contributed by atoms with Crippen LogP contribution in [0.1, 0.15) is 418 Å². The molecule has 0 aliphatic heterocycles. The number of esters is 1. The van der Waals surface area contributed by atoms with E-state index in [-0.39, 0.29) is 18.5 Å². The van der Waals surface area contributed by atoms with E-state index in [1.54, 1.807) is 0 Å². The number of aliphatic hydroxyl groups excluding tert-OH is 2. The molecule has 0 saturated carbocycles. The Balaban J connectivity index is 3.34. The molecule has 0 rings (SSSR count). The third-order valence-electron chi connectivity index (χ3n) is 17.3. The predicted octanol–water partition coefficient (Wildman–Crippen LogP) is 23.5. The van der Waals surface area contributed by atoms with Gasteiger partial charge in [-0.05, 0) is 51.4 Å². The Morgan fingerprint density at radius 2 is 0.595 bits per heavy atom. The fraction of sp³-hybridized carbons (Fsp3) is 0.945. The van der Waals surface area contributed by atoms with Crippen LogP contribution in [0.3, 0.4) is 0 Å². The van der Waals surface area contributed by atoms with E-state index in [1.807, 2.05) is 0 Å². The third-order valence-corrected chi connectivity index (χ3v) is 17.3. The van der Waals surface area contributed by atoms with Gasteiger partial charge in [-0.3, -0.25) is 9.59 Å². The van der Waals surface area contributed by atoms with Gasteiger partial charge in [0.1, 0.15) is 0 Å². The maximum Gasteiger partial charge on any atom is 0.305 e. The molecule has 0 aromatic rings. The molecule has 6 heteroatoms. The summed E-state index contributed by atoms with van der Waals surface area (Å²) < 4.78 is 5.51. The van der Waals surface area contributed by atoms with Crippen molar-refractivity contribution in [1.82, 2.24) is 5.32 Å². The molecule has 0 spiro atoms. The van der Waals surface area contributed by atoms with Crippen LogP contribution in [-0.2, 0) is 14.3 Å². The molecule has 2 unspecified atom stereocenters. The number of unbranched alkanes of at least 4 members (excludes halogenated alkanes) is 56. The Morgan fingerprint density at radius 1 is 0.342 bits per heavy atom. The van der Waals surface area contributed by atoms with Gasteiger partial charge < -0.3 is 20.3 Å². The SMILES string of the molecule is CCCCCCCCCCCCCCCCCCCC(=O)OCCCCCCCCCCCCCC/C=C\CCCCCCCCCCCCCCCCC(=O)NC(CO)C(O)CCCCCCCCCCCCCCCCC. The van der Waals surface area contributed by atoms with E-state index in [1.165, 1.54) is 347 Å². The Hall–Kier alpha value is -1.40. The molecule has 0 bridgehead atoms. The molecule has 3 N–H and O–H groups in total. The molecular weight excluding hydrogens is 971 g/mol. The monoisotopic (exact) mass is 1110 g/mol. The van der Waals surface area contributed by atoms with Crippen molar-refractivity contribution < 1.29 is 24.5 Å². The standard InChI is InChI=1S/C73H143NO5/c1-3-5-7-9-11-13-15-17-19-34-39-43-47-51-55-59-63-67-73(78)79-68-64-60-56-52-48-44-40-36-33-31-29-27-25-23-21-20-22-24-26-28-30-32-35-38-42-46-50-54-58-62-66-72(77)74-70(69-75)71(76)65-61-57-53-49-45-41-37-18-16-14-12-10-8-6-4-2/h21,23,70-71,75-76H,3-20,22,24-69H2,1-2H3,(H,74,77)/b23-21-. The van der Waals surface area contributed by atoms with Gasteiger partial charge >= 0.3 is 5.97 Å². The first-order valence-electron chi connectivity index (χ1n) is 36.4. The summed E-state index contributed by atoms with van der Waals surface area (Å²) in [4.78, 5) is 24.6. The molecule has 0 saturated heterocycles. The van der Waals surface area contributed by atoms with Crippen molar-refractivity contribution in [2.75, 3.05) is 13.2 Å². The normalized spacial score (nSPS) is 12.5. The fourth-order valence-corrected chi connectivity index (χ4v) is 11.8. The minimum Gasteiger partial charge on any atom is -0.466 e. The van der Waals surface area contributed by atoms with Crippen LogP contribution in [0.4, 0.5) is 0 Å². The molecule has 470 valence electrons. The van der Waals surface area contributed by atoms with Crippen molar-refractivity contribution >= 4 is 11.9 Å². The van der Waals surface area contributed by atoms with E-state index in [4.69, 9.17) is 4.74 Å². The minimum absolute atomic E-state index is 0.0221. The average Bonchev–Trinajstić information content (AvgIpc) is 3.45. The largest absolute Gasteiger partial charge is 0.466 e. The van der Waals surface area contributed by atoms with Gasteiger partial charge in [-0.15, -0.1) is 0 Å². The highest BCUT2D eigenvalue weighted by molar-refractivity contribution is 5.76. The summed E-state index contributed by atoms with van der Waals surface area (Å²) in [5.41, 5.74) is 0. The first kappa shape index (κ1) is 77.6. The van der Waals surface area contributed by atoms with Gasteiger partial charge in [0.25, 0.3) is 0 Å². The number of allylic oxidation sites excluding steroid dienone is 2. The molecule has 0 aromatic carbocycles. The topological polar surface area (TPSA) is 95.9 Å². The molecule has 0 fully saturated rings. The molecular formula is C73H143NO5. The van der Waals surface area contributed by atoms with Crippen molar-refractivity contribution in [2.24, 2.45) is 0 Å². The van der Waals surface area contributed by atoms with Crippen molar-refractivity contribution in [3.8, 4) is 0 Å². The molecule has 2 atom stereocenters. The average molecular weight is 1110 g/mol. The lowest BCUT2D eigenvalue weighted by atomic mass is 10.0. The van der Waals surface area contributed by atoms with E-state index >= 15 is 0 Å². The number of carbonyl (C=O) groups excluding carboxylic acids is 2. The molecule has 1 amide bonds. The van der Waals surface area contributed by atoms with Crippen LogP contribution in [-0.4, -0.2) is 47.4 Å². The Kier molecular flexibility index (Phi) is 67.9. The molecule has 0 heterocycles. The number of aliphatic hydroxyl groups is 2. The Labute approximate surface area is 495 Å². The van der Waals surface area contributed by atoms with E-state index in [0.29, 0.717) is 25.9 Å². The van der Waals surface area contributed by atoms with Crippen molar-refractivity contribution in [1.29, 1.82) is 0 Å². The maximum absolute atomic E-state index is 12.5. The van der Waals surface area contributed by atoms with Crippen LogP contribution in [0.2, 0.25) is 0 Å². The fourth-order valence-electron chi connectivity index (χ4n) is 11.8. The summed E-state index contributed by atoms with van der Waals surface area (Å²) in [6, 6.07) is -0.539. The third kappa shape index (κ3) is 65.6. The molecule has 79 heavy (non-hydrogen) atoms. The Morgan fingerprint density at radius 3 is 0.899 bits per heavy atom. The summed E-state index contributed by atoms with van der Waals surface area (Å²) in [5, 5.41) is 23.3. The summed E-state index contributed by atoms with van der Waals surface area (Å²) in [7, 11) is 0. The zero-order valence-electron chi connectivity index (χ0n) is 53.9.